The van der Waals surface area contributed by atoms with Gasteiger partial charge in [0.25, 0.3) is 0 Å². The molecule has 0 aliphatic carbocycles. The van der Waals surface area contributed by atoms with Crippen LogP contribution in [0, 0.1) is 10.1 Å². The SMILES string of the molecule is COCCCNc1ncnc(N2CCCC2)c1[N+](=O)[O-]. The van der Waals surface area contributed by atoms with Crippen LogP contribution in [0.2, 0.25) is 0 Å². The molecule has 8 heteroatoms. The molecule has 8 nitrogen and oxygen atoms in total. The lowest BCUT2D eigenvalue weighted by Crippen LogP contribution is -2.21. The number of aromatic nitrogens is 2. The first-order chi connectivity index (χ1) is 9.74. The van der Waals surface area contributed by atoms with E-state index in [1.807, 2.05) is 4.90 Å². The lowest BCUT2D eigenvalue weighted by Gasteiger charge is -2.17. The number of nitrogens with one attached hydrogen (secondary N) is 1. The van der Waals surface area contributed by atoms with Crippen molar-refractivity contribution in [2.75, 3.05) is 43.6 Å². The van der Waals surface area contributed by atoms with Crippen LogP contribution in [0.25, 0.3) is 0 Å². The zero-order valence-electron chi connectivity index (χ0n) is 11.5. The lowest BCUT2D eigenvalue weighted by molar-refractivity contribution is -0.383. The first-order valence-corrected chi connectivity index (χ1v) is 6.71. The predicted octanol–water partition coefficient (Wildman–Crippen LogP) is 1.43. The molecule has 1 fully saturated rings. The summed E-state index contributed by atoms with van der Waals surface area (Å²) in [4.78, 5) is 21.0. The summed E-state index contributed by atoms with van der Waals surface area (Å²) in [6.07, 6.45) is 4.21. The normalized spacial score (nSPS) is 14.6. The topological polar surface area (TPSA) is 93.4 Å². The van der Waals surface area contributed by atoms with Gasteiger partial charge in [-0.1, -0.05) is 0 Å². The van der Waals surface area contributed by atoms with E-state index in [1.165, 1.54) is 6.33 Å². The Balaban J connectivity index is 2.17. The zero-order valence-corrected chi connectivity index (χ0v) is 11.5. The number of hydrogen-bond acceptors (Lipinski definition) is 7. The summed E-state index contributed by atoms with van der Waals surface area (Å²) in [5.41, 5.74) is -0.0354. The van der Waals surface area contributed by atoms with Crippen LogP contribution < -0.4 is 10.2 Å². The molecule has 1 aromatic heterocycles. The number of nitrogens with zero attached hydrogens (tertiary/aromatic N) is 4. The maximum absolute atomic E-state index is 11.3. The van der Waals surface area contributed by atoms with Crippen molar-refractivity contribution in [1.82, 2.24) is 9.97 Å². The standard InChI is InChI=1S/C12H19N5O3/c1-20-8-4-5-13-11-10(17(18)19)12(15-9-14-11)16-6-2-3-7-16/h9H,2-8H2,1H3,(H,13,14,15). The molecular weight excluding hydrogens is 262 g/mol. The van der Waals surface area contributed by atoms with E-state index in [1.54, 1.807) is 7.11 Å². The first-order valence-electron chi connectivity index (χ1n) is 6.71. The molecule has 110 valence electrons. The van der Waals surface area contributed by atoms with Gasteiger partial charge in [-0.3, -0.25) is 10.1 Å². The summed E-state index contributed by atoms with van der Waals surface area (Å²) in [6, 6.07) is 0. The highest BCUT2D eigenvalue weighted by molar-refractivity contribution is 5.70. The van der Waals surface area contributed by atoms with E-state index in [0.29, 0.717) is 19.0 Å². The third kappa shape index (κ3) is 3.32. The first kappa shape index (κ1) is 14.4. The summed E-state index contributed by atoms with van der Waals surface area (Å²) in [6.45, 7) is 2.79. The van der Waals surface area contributed by atoms with Gasteiger partial charge in [0.2, 0.25) is 11.6 Å². The summed E-state index contributed by atoms with van der Waals surface area (Å²) < 4.78 is 4.95. The molecule has 0 spiro atoms. The van der Waals surface area contributed by atoms with Gasteiger partial charge in [-0.2, -0.15) is 0 Å². The van der Waals surface area contributed by atoms with E-state index >= 15 is 0 Å². The molecule has 0 unspecified atom stereocenters. The zero-order chi connectivity index (χ0) is 14.4. The molecule has 2 rings (SSSR count). The second-order valence-corrected chi connectivity index (χ2v) is 4.62. The molecule has 1 aromatic rings. The van der Waals surface area contributed by atoms with E-state index in [0.717, 1.165) is 32.4 Å². The van der Waals surface area contributed by atoms with Crippen molar-refractivity contribution in [2.45, 2.75) is 19.3 Å². The fourth-order valence-electron chi connectivity index (χ4n) is 2.25. The molecule has 1 N–H and O–H groups in total. The van der Waals surface area contributed by atoms with Crippen LogP contribution in [0.1, 0.15) is 19.3 Å². The van der Waals surface area contributed by atoms with Gasteiger partial charge in [-0.05, 0) is 19.3 Å². The minimum absolute atomic E-state index is 0.0354. The van der Waals surface area contributed by atoms with Gasteiger partial charge in [-0.15, -0.1) is 0 Å². The van der Waals surface area contributed by atoms with E-state index in [4.69, 9.17) is 4.74 Å². The Hall–Kier alpha value is -1.96. The van der Waals surface area contributed by atoms with Gasteiger partial charge in [-0.25, -0.2) is 9.97 Å². The average Bonchev–Trinajstić information content (AvgIpc) is 2.97. The van der Waals surface area contributed by atoms with Crippen molar-refractivity contribution < 1.29 is 9.66 Å². The molecule has 0 atom stereocenters. The molecule has 1 aliphatic rings. The van der Waals surface area contributed by atoms with Crippen LogP contribution >= 0.6 is 0 Å². The monoisotopic (exact) mass is 281 g/mol. The van der Waals surface area contributed by atoms with Crippen molar-refractivity contribution >= 4 is 17.3 Å². The summed E-state index contributed by atoms with van der Waals surface area (Å²) in [5.74, 6) is 0.694. The molecule has 1 saturated heterocycles. The molecule has 0 aromatic carbocycles. The van der Waals surface area contributed by atoms with E-state index in [9.17, 15) is 10.1 Å². The van der Waals surface area contributed by atoms with Gasteiger partial charge in [0, 0.05) is 33.4 Å². The maximum Gasteiger partial charge on any atom is 0.353 e. The molecule has 0 saturated carbocycles. The Morgan fingerprint density at radius 1 is 1.45 bits per heavy atom. The third-order valence-electron chi connectivity index (χ3n) is 3.21. The number of hydrogen-bond donors (Lipinski definition) is 1. The minimum atomic E-state index is -0.410. The van der Waals surface area contributed by atoms with E-state index in [-0.39, 0.29) is 11.5 Å². The highest BCUT2D eigenvalue weighted by Gasteiger charge is 2.28. The second kappa shape index (κ2) is 6.99. The Morgan fingerprint density at radius 3 is 2.85 bits per heavy atom. The molecule has 1 aliphatic heterocycles. The highest BCUT2D eigenvalue weighted by atomic mass is 16.6. The number of anilines is 2. The number of rotatable bonds is 7. The van der Waals surface area contributed by atoms with Gasteiger partial charge >= 0.3 is 5.69 Å². The minimum Gasteiger partial charge on any atom is -0.385 e. The Labute approximate surface area is 117 Å². The summed E-state index contributed by atoms with van der Waals surface area (Å²) in [5, 5.41) is 14.3. The second-order valence-electron chi connectivity index (χ2n) is 4.62. The van der Waals surface area contributed by atoms with Crippen LogP contribution in [0.15, 0.2) is 6.33 Å². The quantitative estimate of drug-likeness (QED) is 0.459. The number of ether oxygens (including phenoxy) is 1. The summed E-state index contributed by atoms with van der Waals surface area (Å²) in [7, 11) is 1.62. The number of nitro groups is 1. The number of methoxy groups -OCH3 is 1. The Kier molecular flexibility index (Phi) is 5.05. The molecule has 0 amide bonds. The molecular formula is C12H19N5O3. The van der Waals surface area contributed by atoms with Crippen LogP contribution in [-0.2, 0) is 4.74 Å². The fourth-order valence-corrected chi connectivity index (χ4v) is 2.25. The van der Waals surface area contributed by atoms with Gasteiger partial charge < -0.3 is 15.0 Å². The third-order valence-corrected chi connectivity index (χ3v) is 3.21. The van der Waals surface area contributed by atoms with Gasteiger partial charge in [0.15, 0.2) is 0 Å². The largest absolute Gasteiger partial charge is 0.385 e. The Morgan fingerprint density at radius 2 is 2.20 bits per heavy atom. The average molecular weight is 281 g/mol. The fraction of sp³-hybridized carbons (Fsp3) is 0.667. The molecule has 0 bridgehead atoms. The van der Waals surface area contributed by atoms with Crippen molar-refractivity contribution in [3.8, 4) is 0 Å². The van der Waals surface area contributed by atoms with Crippen molar-refractivity contribution in [3.05, 3.63) is 16.4 Å². The molecule has 0 radical (unpaired) electrons. The van der Waals surface area contributed by atoms with Crippen LogP contribution in [0.3, 0.4) is 0 Å². The smallest absolute Gasteiger partial charge is 0.353 e. The van der Waals surface area contributed by atoms with Crippen molar-refractivity contribution in [2.24, 2.45) is 0 Å². The van der Waals surface area contributed by atoms with Crippen LogP contribution in [0.5, 0.6) is 0 Å². The summed E-state index contributed by atoms with van der Waals surface area (Å²) >= 11 is 0. The van der Waals surface area contributed by atoms with Crippen molar-refractivity contribution in [3.63, 3.8) is 0 Å². The lowest BCUT2D eigenvalue weighted by atomic mass is 10.3. The molecule has 20 heavy (non-hydrogen) atoms. The highest BCUT2D eigenvalue weighted by Crippen LogP contribution is 2.33. The maximum atomic E-state index is 11.3. The molecule has 2 heterocycles. The van der Waals surface area contributed by atoms with Crippen molar-refractivity contribution in [1.29, 1.82) is 0 Å². The van der Waals surface area contributed by atoms with Crippen LogP contribution in [0.4, 0.5) is 17.3 Å². The van der Waals surface area contributed by atoms with E-state index in [2.05, 4.69) is 15.3 Å². The Bertz CT molecular complexity index is 462. The van der Waals surface area contributed by atoms with E-state index < -0.39 is 4.92 Å². The predicted molar refractivity (Wildman–Crippen MR) is 75.1 cm³/mol. The van der Waals surface area contributed by atoms with Gasteiger partial charge in [0.05, 0.1) is 4.92 Å². The van der Waals surface area contributed by atoms with Gasteiger partial charge in [0.1, 0.15) is 6.33 Å². The van der Waals surface area contributed by atoms with Crippen LogP contribution in [-0.4, -0.2) is 48.2 Å².